The van der Waals surface area contributed by atoms with Crippen molar-refractivity contribution in [1.82, 2.24) is 5.32 Å². The molecule has 2 atom stereocenters. The molecule has 0 saturated heterocycles. The van der Waals surface area contributed by atoms with Gasteiger partial charge in [0.25, 0.3) is 0 Å². The molecule has 0 aromatic rings. The first-order valence-electron chi connectivity index (χ1n) is 29.2. The van der Waals surface area contributed by atoms with E-state index in [4.69, 9.17) is 0 Å². The molecular weight excluding hydrogens is 807 g/mol. The van der Waals surface area contributed by atoms with Crippen LogP contribution in [0.4, 0.5) is 0 Å². The maximum atomic E-state index is 12.5. The molecule has 0 aliphatic carbocycles. The smallest absolute Gasteiger partial charge is 0.220 e. The van der Waals surface area contributed by atoms with Gasteiger partial charge in [0.15, 0.2) is 0 Å². The first-order chi connectivity index (χ1) is 32.7. The van der Waals surface area contributed by atoms with Crippen LogP contribution in [0.15, 0.2) is 72.9 Å². The van der Waals surface area contributed by atoms with Gasteiger partial charge in [-0.3, -0.25) is 4.79 Å². The van der Waals surface area contributed by atoms with Crippen molar-refractivity contribution in [2.24, 2.45) is 0 Å². The largest absolute Gasteiger partial charge is 0.394 e. The summed E-state index contributed by atoms with van der Waals surface area (Å²) in [5.74, 6) is -0.0849. The third kappa shape index (κ3) is 52.8. The molecule has 0 radical (unpaired) electrons. The Morgan fingerprint density at radius 1 is 0.364 bits per heavy atom. The van der Waals surface area contributed by atoms with Crippen molar-refractivity contribution in [3.63, 3.8) is 0 Å². The van der Waals surface area contributed by atoms with E-state index in [0.717, 1.165) is 57.8 Å². The predicted molar refractivity (Wildman–Crippen MR) is 294 cm³/mol. The number of aliphatic hydroxyl groups is 2. The number of aliphatic hydroxyl groups excluding tert-OH is 2. The minimum atomic E-state index is -0.879. The number of carbonyl (C=O) groups is 1. The summed E-state index contributed by atoms with van der Waals surface area (Å²) < 4.78 is 0. The zero-order chi connectivity index (χ0) is 47.7. The SMILES string of the molecule is CCCCCCC/C=C\C/C=C\C/C=C\CCCCCCCCCCC(=O)NC(CO)C(O)/C=C/CC/C=C/CC/C=C/CCCCCCCCCCCCCCCCCCCCCCC. The van der Waals surface area contributed by atoms with Gasteiger partial charge in [0.05, 0.1) is 18.8 Å². The summed E-state index contributed by atoms with van der Waals surface area (Å²) in [6.45, 7) is 4.30. The average Bonchev–Trinajstić information content (AvgIpc) is 3.32. The molecule has 384 valence electrons. The molecular formula is C62H113NO3. The van der Waals surface area contributed by atoms with Gasteiger partial charge in [-0.2, -0.15) is 0 Å². The van der Waals surface area contributed by atoms with Crippen LogP contribution in [-0.2, 0) is 4.79 Å². The van der Waals surface area contributed by atoms with Crippen molar-refractivity contribution in [1.29, 1.82) is 0 Å². The Labute approximate surface area is 412 Å². The zero-order valence-corrected chi connectivity index (χ0v) is 44.2. The molecule has 0 aromatic heterocycles. The first-order valence-corrected chi connectivity index (χ1v) is 29.2. The van der Waals surface area contributed by atoms with E-state index >= 15 is 0 Å². The molecule has 0 saturated carbocycles. The van der Waals surface area contributed by atoms with E-state index in [1.165, 1.54) is 218 Å². The van der Waals surface area contributed by atoms with Gasteiger partial charge in [0.2, 0.25) is 5.91 Å². The maximum Gasteiger partial charge on any atom is 0.220 e. The molecule has 1 amide bonds. The van der Waals surface area contributed by atoms with Crippen LogP contribution in [0.3, 0.4) is 0 Å². The lowest BCUT2D eigenvalue weighted by atomic mass is 10.0. The Morgan fingerprint density at radius 2 is 0.636 bits per heavy atom. The number of nitrogens with one attached hydrogen (secondary N) is 1. The number of hydrogen-bond donors (Lipinski definition) is 3. The highest BCUT2D eigenvalue weighted by molar-refractivity contribution is 5.76. The Bertz CT molecular complexity index is 1130. The molecule has 2 unspecified atom stereocenters. The fraction of sp³-hybridized carbons (Fsp3) is 0.790. The quantitative estimate of drug-likeness (QED) is 0.0421. The molecule has 0 bridgehead atoms. The lowest BCUT2D eigenvalue weighted by molar-refractivity contribution is -0.123. The van der Waals surface area contributed by atoms with E-state index in [1.54, 1.807) is 6.08 Å². The van der Waals surface area contributed by atoms with Crippen LogP contribution in [0.25, 0.3) is 0 Å². The Morgan fingerprint density at radius 3 is 0.985 bits per heavy atom. The molecule has 0 rings (SSSR count). The number of amides is 1. The van der Waals surface area contributed by atoms with Crippen molar-refractivity contribution < 1.29 is 15.0 Å². The molecule has 0 aliphatic rings. The van der Waals surface area contributed by atoms with E-state index in [2.05, 4.69) is 79.9 Å². The molecule has 0 aliphatic heterocycles. The Balaban J connectivity index is 3.58. The molecule has 66 heavy (non-hydrogen) atoms. The fourth-order valence-electron chi connectivity index (χ4n) is 8.69. The zero-order valence-electron chi connectivity index (χ0n) is 44.2. The van der Waals surface area contributed by atoms with Gasteiger partial charge in [0.1, 0.15) is 0 Å². The lowest BCUT2D eigenvalue weighted by Crippen LogP contribution is -2.45. The van der Waals surface area contributed by atoms with Gasteiger partial charge in [-0.15, -0.1) is 0 Å². The third-order valence-corrected chi connectivity index (χ3v) is 13.1. The minimum Gasteiger partial charge on any atom is -0.394 e. The van der Waals surface area contributed by atoms with E-state index in [9.17, 15) is 15.0 Å². The van der Waals surface area contributed by atoms with Crippen molar-refractivity contribution in [2.75, 3.05) is 6.61 Å². The van der Waals surface area contributed by atoms with Crippen LogP contribution in [0.1, 0.15) is 296 Å². The van der Waals surface area contributed by atoms with E-state index < -0.39 is 12.1 Å². The maximum absolute atomic E-state index is 12.5. The molecule has 0 fully saturated rings. The fourth-order valence-corrected chi connectivity index (χ4v) is 8.69. The highest BCUT2D eigenvalue weighted by Crippen LogP contribution is 2.16. The summed E-state index contributed by atoms with van der Waals surface area (Å²) in [5, 5.41) is 23.1. The van der Waals surface area contributed by atoms with E-state index in [1.807, 2.05) is 6.08 Å². The number of unbranched alkanes of at least 4 members (excludes halogenated alkanes) is 36. The van der Waals surface area contributed by atoms with Crippen LogP contribution in [-0.4, -0.2) is 34.9 Å². The topological polar surface area (TPSA) is 69.6 Å². The predicted octanol–water partition coefficient (Wildman–Crippen LogP) is 19.4. The molecule has 3 N–H and O–H groups in total. The summed E-state index contributed by atoms with van der Waals surface area (Å²) in [5.41, 5.74) is 0. The number of rotatable bonds is 53. The molecule has 4 heteroatoms. The van der Waals surface area contributed by atoms with Crippen LogP contribution >= 0.6 is 0 Å². The molecule has 0 spiro atoms. The van der Waals surface area contributed by atoms with E-state index in [-0.39, 0.29) is 12.5 Å². The van der Waals surface area contributed by atoms with Gasteiger partial charge in [-0.25, -0.2) is 0 Å². The van der Waals surface area contributed by atoms with Gasteiger partial charge in [-0.05, 0) is 83.5 Å². The van der Waals surface area contributed by atoms with Gasteiger partial charge < -0.3 is 15.5 Å². The lowest BCUT2D eigenvalue weighted by Gasteiger charge is -2.19. The summed E-state index contributed by atoms with van der Waals surface area (Å²) in [4.78, 5) is 12.5. The second kappa shape index (κ2) is 57.1. The molecule has 0 aromatic carbocycles. The highest BCUT2D eigenvalue weighted by Gasteiger charge is 2.18. The van der Waals surface area contributed by atoms with Crippen molar-refractivity contribution in [3.8, 4) is 0 Å². The third-order valence-electron chi connectivity index (χ3n) is 13.1. The highest BCUT2D eigenvalue weighted by atomic mass is 16.3. The monoisotopic (exact) mass is 920 g/mol. The normalized spacial score (nSPS) is 13.3. The van der Waals surface area contributed by atoms with Crippen molar-refractivity contribution in [3.05, 3.63) is 72.9 Å². The van der Waals surface area contributed by atoms with Gasteiger partial charge >= 0.3 is 0 Å². The van der Waals surface area contributed by atoms with Gasteiger partial charge in [-0.1, -0.05) is 279 Å². The second-order valence-corrected chi connectivity index (χ2v) is 19.7. The summed E-state index contributed by atoms with van der Waals surface area (Å²) in [7, 11) is 0. The standard InChI is InChI=1S/C62H113NO3/c1-3-5-7-9-11-13-15-17-19-21-23-25-27-28-29-30-31-32-33-34-36-37-39-41-43-45-47-49-51-53-55-57-61(65)60(59-64)63-62(66)58-56-54-52-50-48-46-44-42-40-38-35-26-24-22-20-18-16-14-12-10-8-6-4-2/h16,18,22,24,35,38-39,41,47,49,55,57,60-61,64-65H,3-15,17,19-21,23,25-34,36-37,40,42-46,48,50-54,56,58-59H2,1-2H3,(H,63,66)/b18-16-,24-22-,38-35-,41-39+,49-47+,57-55+. The summed E-state index contributed by atoms with van der Waals surface area (Å²) in [6.07, 6.45) is 82.2. The average molecular weight is 921 g/mol. The van der Waals surface area contributed by atoms with Gasteiger partial charge in [0, 0.05) is 6.42 Å². The van der Waals surface area contributed by atoms with Crippen LogP contribution < -0.4 is 5.32 Å². The van der Waals surface area contributed by atoms with Crippen LogP contribution in [0, 0.1) is 0 Å². The van der Waals surface area contributed by atoms with Crippen molar-refractivity contribution >= 4 is 5.91 Å². The van der Waals surface area contributed by atoms with Crippen molar-refractivity contribution in [2.45, 2.75) is 309 Å². The number of carbonyl (C=O) groups excluding carboxylic acids is 1. The molecule has 0 heterocycles. The molecule has 4 nitrogen and oxygen atoms in total. The van der Waals surface area contributed by atoms with E-state index in [0.29, 0.717) is 6.42 Å². The number of allylic oxidation sites excluding steroid dienone is 11. The Kier molecular flexibility index (Phi) is 55.3. The number of hydrogen-bond acceptors (Lipinski definition) is 3. The minimum absolute atomic E-state index is 0.0849. The van der Waals surface area contributed by atoms with Crippen LogP contribution in [0.5, 0.6) is 0 Å². The summed E-state index contributed by atoms with van der Waals surface area (Å²) in [6, 6.07) is -0.655. The second-order valence-electron chi connectivity index (χ2n) is 19.7. The first kappa shape index (κ1) is 63.8. The van der Waals surface area contributed by atoms with Crippen LogP contribution in [0.2, 0.25) is 0 Å². The summed E-state index contributed by atoms with van der Waals surface area (Å²) >= 11 is 0. The Hall–Kier alpha value is -2.17.